The predicted octanol–water partition coefficient (Wildman–Crippen LogP) is -0.0512. The average Bonchev–Trinajstić information content (AvgIpc) is 2.31. The SMILES string of the molecule is Cc1nc(N(C)C)nc(N(C)CC(O)CO)c1C. The molecule has 0 aliphatic heterocycles. The van der Waals surface area contributed by atoms with Gasteiger partial charge in [-0.25, -0.2) is 4.98 Å². The van der Waals surface area contributed by atoms with Gasteiger partial charge in [0, 0.05) is 38.9 Å². The van der Waals surface area contributed by atoms with E-state index in [0.29, 0.717) is 12.5 Å². The van der Waals surface area contributed by atoms with Crippen LogP contribution in [0.1, 0.15) is 11.3 Å². The number of aromatic nitrogens is 2. The summed E-state index contributed by atoms with van der Waals surface area (Å²) in [7, 11) is 5.61. The summed E-state index contributed by atoms with van der Waals surface area (Å²) in [6.45, 7) is 3.96. The van der Waals surface area contributed by atoms with Crippen LogP contribution in [0.2, 0.25) is 0 Å². The van der Waals surface area contributed by atoms with Crippen LogP contribution in [0, 0.1) is 13.8 Å². The second kappa shape index (κ2) is 5.97. The molecule has 0 spiro atoms. The number of aliphatic hydroxyl groups excluding tert-OH is 2. The van der Waals surface area contributed by atoms with E-state index < -0.39 is 6.10 Å². The quantitative estimate of drug-likeness (QED) is 0.767. The Bertz CT molecular complexity index is 409. The van der Waals surface area contributed by atoms with Gasteiger partial charge < -0.3 is 20.0 Å². The van der Waals surface area contributed by atoms with Crippen LogP contribution in [0.5, 0.6) is 0 Å². The smallest absolute Gasteiger partial charge is 0.227 e. The number of aryl methyl sites for hydroxylation is 1. The van der Waals surface area contributed by atoms with Gasteiger partial charge in [0.25, 0.3) is 0 Å². The van der Waals surface area contributed by atoms with Crippen molar-refractivity contribution in [2.24, 2.45) is 0 Å². The zero-order valence-corrected chi connectivity index (χ0v) is 11.7. The number of nitrogens with zero attached hydrogens (tertiary/aromatic N) is 4. The van der Waals surface area contributed by atoms with Gasteiger partial charge in [0.05, 0.1) is 12.7 Å². The van der Waals surface area contributed by atoms with E-state index in [1.807, 2.05) is 44.8 Å². The first kappa shape index (κ1) is 14.7. The van der Waals surface area contributed by atoms with Crippen LogP contribution in [-0.2, 0) is 0 Å². The molecule has 2 N–H and O–H groups in total. The zero-order chi connectivity index (χ0) is 13.9. The highest BCUT2D eigenvalue weighted by atomic mass is 16.3. The zero-order valence-electron chi connectivity index (χ0n) is 11.7. The van der Waals surface area contributed by atoms with Gasteiger partial charge in [-0.15, -0.1) is 0 Å². The van der Waals surface area contributed by atoms with Gasteiger partial charge in [-0.05, 0) is 13.8 Å². The van der Waals surface area contributed by atoms with Gasteiger partial charge in [-0.2, -0.15) is 4.98 Å². The molecule has 1 aromatic heterocycles. The summed E-state index contributed by atoms with van der Waals surface area (Å²) >= 11 is 0. The molecule has 18 heavy (non-hydrogen) atoms. The van der Waals surface area contributed by atoms with Crippen LogP contribution in [0.4, 0.5) is 11.8 Å². The monoisotopic (exact) mass is 254 g/mol. The molecule has 0 aliphatic rings. The lowest BCUT2D eigenvalue weighted by Gasteiger charge is -2.24. The first-order valence-corrected chi connectivity index (χ1v) is 5.89. The Morgan fingerprint density at radius 3 is 2.28 bits per heavy atom. The lowest BCUT2D eigenvalue weighted by molar-refractivity contribution is 0.101. The second-order valence-electron chi connectivity index (χ2n) is 4.67. The van der Waals surface area contributed by atoms with Crippen molar-refractivity contribution in [1.29, 1.82) is 0 Å². The van der Waals surface area contributed by atoms with Gasteiger partial charge in [-0.3, -0.25) is 0 Å². The molecule has 0 aromatic carbocycles. The molecule has 1 atom stereocenters. The number of hydrogen-bond acceptors (Lipinski definition) is 6. The average molecular weight is 254 g/mol. The molecule has 0 bridgehead atoms. The molecule has 0 amide bonds. The summed E-state index contributed by atoms with van der Waals surface area (Å²) < 4.78 is 0. The molecule has 0 radical (unpaired) electrons. The molecular formula is C12H22N4O2. The topological polar surface area (TPSA) is 72.7 Å². The van der Waals surface area contributed by atoms with Gasteiger partial charge in [0.2, 0.25) is 5.95 Å². The Hall–Kier alpha value is -1.40. The molecule has 6 heteroatoms. The van der Waals surface area contributed by atoms with Crippen molar-refractivity contribution in [2.75, 3.05) is 44.1 Å². The molecular weight excluding hydrogens is 232 g/mol. The van der Waals surface area contributed by atoms with Crippen molar-refractivity contribution < 1.29 is 10.2 Å². The van der Waals surface area contributed by atoms with Crippen LogP contribution < -0.4 is 9.80 Å². The maximum atomic E-state index is 9.48. The van der Waals surface area contributed by atoms with E-state index in [0.717, 1.165) is 17.1 Å². The molecule has 1 heterocycles. The number of anilines is 2. The fourth-order valence-corrected chi connectivity index (χ4v) is 1.63. The Kier molecular flexibility index (Phi) is 4.86. The largest absolute Gasteiger partial charge is 0.394 e. The third kappa shape index (κ3) is 3.30. The van der Waals surface area contributed by atoms with E-state index in [-0.39, 0.29) is 6.61 Å². The fraction of sp³-hybridized carbons (Fsp3) is 0.667. The number of hydrogen-bond donors (Lipinski definition) is 2. The third-order valence-corrected chi connectivity index (χ3v) is 2.81. The van der Waals surface area contributed by atoms with Gasteiger partial charge >= 0.3 is 0 Å². The lowest BCUT2D eigenvalue weighted by atomic mass is 10.2. The highest BCUT2D eigenvalue weighted by molar-refractivity contribution is 5.51. The summed E-state index contributed by atoms with van der Waals surface area (Å²) in [5.41, 5.74) is 1.89. The van der Waals surface area contributed by atoms with Crippen LogP contribution >= 0.6 is 0 Å². The van der Waals surface area contributed by atoms with E-state index in [1.165, 1.54) is 0 Å². The number of rotatable bonds is 5. The molecule has 102 valence electrons. The molecule has 0 fully saturated rings. The first-order chi connectivity index (χ1) is 8.36. The maximum Gasteiger partial charge on any atom is 0.227 e. The van der Waals surface area contributed by atoms with Crippen molar-refractivity contribution >= 4 is 11.8 Å². The van der Waals surface area contributed by atoms with Crippen LogP contribution in [0.25, 0.3) is 0 Å². The van der Waals surface area contributed by atoms with Crippen molar-refractivity contribution in [3.63, 3.8) is 0 Å². The predicted molar refractivity (Wildman–Crippen MR) is 72.2 cm³/mol. The second-order valence-corrected chi connectivity index (χ2v) is 4.67. The highest BCUT2D eigenvalue weighted by Crippen LogP contribution is 2.21. The third-order valence-electron chi connectivity index (χ3n) is 2.81. The summed E-state index contributed by atoms with van der Waals surface area (Å²) in [6.07, 6.45) is -0.771. The Balaban J connectivity index is 3.06. The molecule has 1 unspecified atom stereocenters. The van der Waals surface area contributed by atoms with E-state index >= 15 is 0 Å². The molecule has 1 aromatic rings. The maximum absolute atomic E-state index is 9.48. The van der Waals surface area contributed by atoms with Crippen LogP contribution in [-0.4, -0.2) is 60.6 Å². The van der Waals surface area contributed by atoms with Crippen molar-refractivity contribution in [3.05, 3.63) is 11.3 Å². The van der Waals surface area contributed by atoms with Gasteiger partial charge in [0.15, 0.2) is 0 Å². The molecule has 6 nitrogen and oxygen atoms in total. The minimum absolute atomic E-state index is 0.256. The minimum Gasteiger partial charge on any atom is -0.394 e. The van der Waals surface area contributed by atoms with Crippen molar-refractivity contribution in [3.8, 4) is 0 Å². The summed E-state index contributed by atoms with van der Waals surface area (Å²) in [4.78, 5) is 12.5. The van der Waals surface area contributed by atoms with Crippen LogP contribution in [0.15, 0.2) is 0 Å². The highest BCUT2D eigenvalue weighted by Gasteiger charge is 2.15. The standard InChI is InChI=1S/C12H22N4O2/c1-8-9(2)13-12(15(3)4)14-11(8)16(5)6-10(18)7-17/h10,17-18H,6-7H2,1-5H3. The Labute approximate surface area is 108 Å². The van der Waals surface area contributed by atoms with Crippen molar-refractivity contribution in [2.45, 2.75) is 20.0 Å². The summed E-state index contributed by atoms with van der Waals surface area (Å²) in [6, 6.07) is 0. The van der Waals surface area contributed by atoms with Crippen molar-refractivity contribution in [1.82, 2.24) is 9.97 Å². The van der Waals surface area contributed by atoms with Gasteiger partial charge in [-0.1, -0.05) is 0 Å². The molecule has 1 rings (SSSR count). The van der Waals surface area contributed by atoms with E-state index in [4.69, 9.17) is 5.11 Å². The fourth-order valence-electron chi connectivity index (χ4n) is 1.63. The molecule has 0 aliphatic carbocycles. The Morgan fingerprint density at radius 1 is 1.17 bits per heavy atom. The van der Waals surface area contributed by atoms with E-state index in [2.05, 4.69) is 9.97 Å². The normalized spacial score (nSPS) is 12.4. The Morgan fingerprint density at radius 2 is 1.78 bits per heavy atom. The van der Waals surface area contributed by atoms with Crippen LogP contribution in [0.3, 0.4) is 0 Å². The van der Waals surface area contributed by atoms with E-state index in [1.54, 1.807) is 0 Å². The minimum atomic E-state index is -0.771. The summed E-state index contributed by atoms with van der Waals surface area (Å²) in [5, 5.41) is 18.4. The first-order valence-electron chi connectivity index (χ1n) is 5.89. The number of aliphatic hydroxyl groups is 2. The molecule has 0 saturated carbocycles. The van der Waals surface area contributed by atoms with Gasteiger partial charge in [0.1, 0.15) is 5.82 Å². The van der Waals surface area contributed by atoms with E-state index in [9.17, 15) is 5.11 Å². The molecule has 0 saturated heterocycles. The summed E-state index contributed by atoms with van der Waals surface area (Å²) in [5.74, 6) is 1.41. The number of likely N-dealkylation sites (N-methyl/N-ethyl adjacent to an activating group) is 1. The lowest BCUT2D eigenvalue weighted by Crippen LogP contribution is -2.32.